The van der Waals surface area contributed by atoms with Gasteiger partial charge in [0.05, 0.1) is 29.6 Å². The van der Waals surface area contributed by atoms with Gasteiger partial charge in [0, 0.05) is 29.8 Å². The van der Waals surface area contributed by atoms with Gasteiger partial charge in [-0.1, -0.05) is 60.1 Å². The summed E-state index contributed by atoms with van der Waals surface area (Å²) >= 11 is 6.43. The molecule has 3 aromatic rings. The number of carbonyl (C=O) groups excluding carboxylic acids is 2. The number of amides is 1. The molecular formula is C24H21ClN2O3. The zero-order valence-corrected chi connectivity index (χ0v) is 17.1. The summed E-state index contributed by atoms with van der Waals surface area (Å²) < 4.78 is 5.41. The second kappa shape index (κ2) is 9.11. The average Bonchev–Trinajstić information content (AvgIpc) is 2.80. The van der Waals surface area contributed by atoms with E-state index in [0.717, 1.165) is 5.69 Å². The van der Waals surface area contributed by atoms with Crippen LogP contribution in [0.15, 0.2) is 72.8 Å². The number of para-hydroxylation sites is 1. The number of hydrogen-bond acceptors (Lipinski definition) is 4. The van der Waals surface area contributed by atoms with E-state index in [-0.39, 0.29) is 11.7 Å². The van der Waals surface area contributed by atoms with E-state index in [4.69, 9.17) is 16.3 Å². The van der Waals surface area contributed by atoms with Crippen molar-refractivity contribution in [3.63, 3.8) is 0 Å². The molecule has 1 aliphatic heterocycles. The van der Waals surface area contributed by atoms with E-state index >= 15 is 0 Å². The Balaban J connectivity index is 1.52. The van der Waals surface area contributed by atoms with Gasteiger partial charge in [-0.2, -0.15) is 0 Å². The molecule has 3 aromatic carbocycles. The number of ketones is 1. The molecule has 0 bridgehead atoms. The molecule has 0 unspecified atom stereocenters. The second-order valence-electron chi connectivity index (χ2n) is 6.96. The maximum Gasteiger partial charge on any atom is 0.255 e. The molecule has 1 fully saturated rings. The predicted molar refractivity (Wildman–Crippen MR) is 119 cm³/mol. The molecule has 1 saturated heterocycles. The molecule has 152 valence electrons. The molecule has 0 saturated carbocycles. The van der Waals surface area contributed by atoms with E-state index in [1.807, 2.05) is 36.4 Å². The van der Waals surface area contributed by atoms with Gasteiger partial charge in [0.1, 0.15) is 0 Å². The Kier molecular flexibility index (Phi) is 6.12. The Morgan fingerprint density at radius 2 is 1.43 bits per heavy atom. The largest absolute Gasteiger partial charge is 0.378 e. The lowest BCUT2D eigenvalue weighted by molar-refractivity contribution is 0.102. The molecule has 4 rings (SSSR count). The minimum absolute atomic E-state index is 0.0768. The van der Waals surface area contributed by atoms with Crippen molar-refractivity contribution in [3.05, 3.63) is 94.5 Å². The number of nitrogens with one attached hydrogen (secondary N) is 1. The van der Waals surface area contributed by atoms with Crippen molar-refractivity contribution < 1.29 is 14.3 Å². The van der Waals surface area contributed by atoms with Crippen molar-refractivity contribution in [1.82, 2.24) is 0 Å². The van der Waals surface area contributed by atoms with Crippen LogP contribution < -0.4 is 10.2 Å². The van der Waals surface area contributed by atoms with E-state index in [1.165, 1.54) is 0 Å². The molecule has 1 N–H and O–H groups in total. The first-order valence-electron chi connectivity index (χ1n) is 9.76. The van der Waals surface area contributed by atoms with Crippen LogP contribution in [-0.4, -0.2) is 38.0 Å². The van der Waals surface area contributed by atoms with Crippen molar-refractivity contribution in [2.24, 2.45) is 0 Å². The van der Waals surface area contributed by atoms with Crippen molar-refractivity contribution in [2.45, 2.75) is 0 Å². The van der Waals surface area contributed by atoms with Gasteiger partial charge < -0.3 is 15.0 Å². The molecule has 1 amide bonds. The number of ether oxygens (including phenoxy) is 1. The maximum absolute atomic E-state index is 12.8. The summed E-state index contributed by atoms with van der Waals surface area (Å²) in [5.41, 5.74) is 3.07. The van der Waals surface area contributed by atoms with Gasteiger partial charge in [-0.05, 0) is 24.3 Å². The molecule has 0 spiro atoms. The number of nitrogens with zero attached hydrogens (tertiary/aromatic N) is 1. The Hall–Kier alpha value is -3.15. The Morgan fingerprint density at radius 3 is 2.13 bits per heavy atom. The molecule has 0 atom stereocenters. The molecule has 30 heavy (non-hydrogen) atoms. The zero-order chi connectivity index (χ0) is 20.9. The van der Waals surface area contributed by atoms with Crippen LogP contribution in [0.2, 0.25) is 5.02 Å². The second-order valence-corrected chi connectivity index (χ2v) is 7.37. The summed E-state index contributed by atoms with van der Waals surface area (Å²) in [7, 11) is 0. The van der Waals surface area contributed by atoms with E-state index in [2.05, 4.69) is 10.2 Å². The average molecular weight is 421 g/mol. The number of benzene rings is 3. The van der Waals surface area contributed by atoms with Crippen LogP contribution in [0.25, 0.3) is 0 Å². The van der Waals surface area contributed by atoms with Gasteiger partial charge in [0.15, 0.2) is 5.78 Å². The molecule has 1 aliphatic rings. The minimum Gasteiger partial charge on any atom is -0.378 e. The Labute approximate surface area is 180 Å². The fraction of sp³-hybridized carbons (Fsp3) is 0.167. The number of halogens is 1. The SMILES string of the molecule is O=C(Nc1cccc(Cl)c1N1CCOCC1)c1ccc(C(=O)c2ccccc2)cc1. The third-order valence-electron chi connectivity index (χ3n) is 5.01. The van der Waals surface area contributed by atoms with Crippen LogP contribution in [0.5, 0.6) is 0 Å². The highest BCUT2D eigenvalue weighted by atomic mass is 35.5. The lowest BCUT2D eigenvalue weighted by Crippen LogP contribution is -2.37. The van der Waals surface area contributed by atoms with Crippen LogP contribution in [0, 0.1) is 0 Å². The molecular weight excluding hydrogens is 400 g/mol. The number of rotatable bonds is 5. The van der Waals surface area contributed by atoms with Gasteiger partial charge in [-0.3, -0.25) is 9.59 Å². The number of morpholine rings is 1. The topological polar surface area (TPSA) is 58.6 Å². The van der Waals surface area contributed by atoms with E-state index in [9.17, 15) is 9.59 Å². The Bertz CT molecular complexity index is 1050. The zero-order valence-electron chi connectivity index (χ0n) is 16.3. The fourth-order valence-electron chi connectivity index (χ4n) is 3.45. The predicted octanol–water partition coefficient (Wildman–Crippen LogP) is 4.66. The summed E-state index contributed by atoms with van der Waals surface area (Å²) in [5, 5.41) is 3.54. The van der Waals surface area contributed by atoms with Gasteiger partial charge in [0.2, 0.25) is 0 Å². The van der Waals surface area contributed by atoms with Crippen molar-refractivity contribution >= 4 is 34.7 Å². The quantitative estimate of drug-likeness (QED) is 0.610. The number of carbonyl (C=O) groups is 2. The smallest absolute Gasteiger partial charge is 0.255 e. The summed E-state index contributed by atoms with van der Waals surface area (Å²) in [5.74, 6) is -0.336. The van der Waals surface area contributed by atoms with Crippen molar-refractivity contribution in [3.8, 4) is 0 Å². The molecule has 0 radical (unpaired) electrons. The molecule has 0 aromatic heterocycles. The third-order valence-corrected chi connectivity index (χ3v) is 5.31. The van der Waals surface area contributed by atoms with Crippen LogP contribution in [0.1, 0.15) is 26.3 Å². The first-order chi connectivity index (χ1) is 14.6. The van der Waals surface area contributed by atoms with Gasteiger partial charge in [0.25, 0.3) is 5.91 Å². The number of anilines is 2. The van der Waals surface area contributed by atoms with E-state index < -0.39 is 0 Å². The fourth-order valence-corrected chi connectivity index (χ4v) is 3.74. The maximum atomic E-state index is 12.8. The lowest BCUT2D eigenvalue weighted by atomic mass is 10.0. The highest BCUT2D eigenvalue weighted by molar-refractivity contribution is 6.34. The monoisotopic (exact) mass is 420 g/mol. The molecule has 5 nitrogen and oxygen atoms in total. The van der Waals surface area contributed by atoms with Crippen LogP contribution in [-0.2, 0) is 4.74 Å². The van der Waals surface area contributed by atoms with Crippen molar-refractivity contribution in [2.75, 3.05) is 36.5 Å². The van der Waals surface area contributed by atoms with Gasteiger partial charge in [-0.15, -0.1) is 0 Å². The van der Waals surface area contributed by atoms with Crippen LogP contribution in [0.4, 0.5) is 11.4 Å². The summed E-state index contributed by atoms with van der Waals surface area (Å²) in [6, 6.07) is 21.2. The molecule has 1 heterocycles. The minimum atomic E-state index is -0.259. The highest BCUT2D eigenvalue weighted by Gasteiger charge is 2.19. The first kappa shape index (κ1) is 20.1. The highest BCUT2D eigenvalue weighted by Crippen LogP contribution is 2.34. The Morgan fingerprint density at radius 1 is 0.800 bits per heavy atom. The van der Waals surface area contributed by atoms with E-state index in [0.29, 0.717) is 53.7 Å². The first-order valence-corrected chi connectivity index (χ1v) is 10.1. The summed E-state index contributed by atoms with van der Waals surface area (Å²) in [6.07, 6.45) is 0. The molecule has 0 aliphatic carbocycles. The van der Waals surface area contributed by atoms with Gasteiger partial charge >= 0.3 is 0 Å². The van der Waals surface area contributed by atoms with E-state index in [1.54, 1.807) is 36.4 Å². The summed E-state index contributed by atoms with van der Waals surface area (Å²) in [6.45, 7) is 2.66. The normalized spacial score (nSPS) is 13.7. The van der Waals surface area contributed by atoms with Crippen molar-refractivity contribution in [1.29, 1.82) is 0 Å². The van der Waals surface area contributed by atoms with Crippen LogP contribution in [0.3, 0.4) is 0 Å². The number of hydrogen-bond donors (Lipinski definition) is 1. The van der Waals surface area contributed by atoms with Gasteiger partial charge in [-0.25, -0.2) is 0 Å². The molecule has 6 heteroatoms. The third kappa shape index (κ3) is 4.37. The lowest BCUT2D eigenvalue weighted by Gasteiger charge is -2.31. The van der Waals surface area contributed by atoms with Crippen LogP contribution >= 0.6 is 11.6 Å². The standard InChI is InChI=1S/C24H21ClN2O3/c25-20-7-4-8-21(22(20)27-13-15-30-16-14-27)26-24(29)19-11-9-18(10-12-19)23(28)17-5-2-1-3-6-17/h1-12H,13-16H2,(H,26,29). The summed E-state index contributed by atoms with van der Waals surface area (Å²) in [4.78, 5) is 27.5.